The predicted molar refractivity (Wildman–Crippen MR) is 77.7 cm³/mol. The molecule has 0 aromatic heterocycles. The van der Waals surface area contributed by atoms with E-state index >= 15 is 0 Å². The van der Waals surface area contributed by atoms with E-state index in [1.54, 1.807) is 0 Å². The Labute approximate surface area is 111 Å². The molecule has 2 nitrogen and oxygen atoms in total. The molecule has 1 aliphatic rings. The van der Waals surface area contributed by atoms with Gasteiger partial charge in [0, 0.05) is 18.1 Å². The standard InChI is InChI=1S/C16H26N2/c1-12(17)13(2)18-16-10-8-15(9-11-16)14-6-4-3-5-7-14/h3-7,12-13,15-16,18H,8-11,17H2,1-2H3. The van der Waals surface area contributed by atoms with Crippen LogP contribution in [0.25, 0.3) is 0 Å². The van der Waals surface area contributed by atoms with Crippen molar-refractivity contribution in [3.63, 3.8) is 0 Å². The van der Waals surface area contributed by atoms with Crippen molar-refractivity contribution in [2.45, 2.75) is 63.6 Å². The summed E-state index contributed by atoms with van der Waals surface area (Å²) in [4.78, 5) is 0. The van der Waals surface area contributed by atoms with Crippen LogP contribution in [0.4, 0.5) is 0 Å². The zero-order valence-electron chi connectivity index (χ0n) is 11.6. The van der Waals surface area contributed by atoms with Gasteiger partial charge in [0.25, 0.3) is 0 Å². The molecular weight excluding hydrogens is 220 g/mol. The molecule has 100 valence electrons. The average Bonchev–Trinajstić information content (AvgIpc) is 2.40. The topological polar surface area (TPSA) is 38.0 Å². The predicted octanol–water partition coefficient (Wildman–Crippen LogP) is 3.04. The van der Waals surface area contributed by atoms with Crippen molar-refractivity contribution < 1.29 is 0 Å². The van der Waals surface area contributed by atoms with Crippen LogP contribution < -0.4 is 11.1 Å². The summed E-state index contributed by atoms with van der Waals surface area (Å²) in [6.07, 6.45) is 5.15. The molecule has 1 saturated carbocycles. The van der Waals surface area contributed by atoms with Crippen LogP contribution in [0.15, 0.2) is 30.3 Å². The third-order valence-electron chi connectivity index (χ3n) is 4.29. The normalized spacial score (nSPS) is 27.7. The molecule has 3 N–H and O–H groups in total. The Kier molecular flexibility index (Phi) is 4.79. The van der Waals surface area contributed by atoms with Gasteiger partial charge >= 0.3 is 0 Å². The van der Waals surface area contributed by atoms with Gasteiger partial charge in [-0.1, -0.05) is 30.3 Å². The van der Waals surface area contributed by atoms with Crippen LogP contribution in [0.3, 0.4) is 0 Å². The van der Waals surface area contributed by atoms with Gasteiger partial charge in [-0.3, -0.25) is 0 Å². The van der Waals surface area contributed by atoms with Gasteiger partial charge in [0.1, 0.15) is 0 Å². The number of nitrogens with one attached hydrogen (secondary N) is 1. The average molecular weight is 246 g/mol. The smallest absolute Gasteiger partial charge is 0.0190 e. The third-order valence-corrected chi connectivity index (χ3v) is 4.29. The number of nitrogens with two attached hydrogens (primary N) is 1. The Morgan fingerprint density at radius 2 is 1.67 bits per heavy atom. The molecule has 0 aliphatic heterocycles. The number of rotatable bonds is 4. The van der Waals surface area contributed by atoms with Gasteiger partial charge in [0.05, 0.1) is 0 Å². The minimum Gasteiger partial charge on any atom is -0.327 e. The van der Waals surface area contributed by atoms with Crippen LogP contribution in [0.2, 0.25) is 0 Å². The fourth-order valence-corrected chi connectivity index (χ4v) is 2.84. The highest BCUT2D eigenvalue weighted by atomic mass is 15.0. The van der Waals surface area contributed by atoms with Crippen LogP contribution in [-0.2, 0) is 0 Å². The van der Waals surface area contributed by atoms with Crippen molar-refractivity contribution >= 4 is 0 Å². The SMILES string of the molecule is CC(N)C(C)NC1CCC(c2ccccc2)CC1. The van der Waals surface area contributed by atoms with E-state index in [1.165, 1.54) is 31.2 Å². The van der Waals surface area contributed by atoms with Crippen molar-refractivity contribution in [2.75, 3.05) is 0 Å². The van der Waals surface area contributed by atoms with Crippen molar-refractivity contribution in [2.24, 2.45) is 5.73 Å². The molecule has 0 spiro atoms. The molecule has 2 atom stereocenters. The number of hydrogen-bond donors (Lipinski definition) is 2. The molecule has 2 heteroatoms. The zero-order valence-corrected chi connectivity index (χ0v) is 11.6. The summed E-state index contributed by atoms with van der Waals surface area (Å²) >= 11 is 0. The quantitative estimate of drug-likeness (QED) is 0.857. The number of benzene rings is 1. The molecule has 1 aromatic rings. The Morgan fingerprint density at radius 1 is 1.06 bits per heavy atom. The molecule has 2 rings (SSSR count). The molecular formula is C16H26N2. The molecule has 18 heavy (non-hydrogen) atoms. The van der Waals surface area contributed by atoms with Crippen LogP contribution in [0, 0.1) is 0 Å². The summed E-state index contributed by atoms with van der Waals surface area (Å²) in [7, 11) is 0. The van der Waals surface area contributed by atoms with E-state index in [2.05, 4.69) is 49.5 Å². The Morgan fingerprint density at radius 3 is 2.22 bits per heavy atom. The molecule has 0 heterocycles. The Balaban J connectivity index is 1.81. The largest absolute Gasteiger partial charge is 0.327 e. The highest BCUT2D eigenvalue weighted by Crippen LogP contribution is 2.32. The van der Waals surface area contributed by atoms with E-state index in [4.69, 9.17) is 5.73 Å². The van der Waals surface area contributed by atoms with E-state index in [0.29, 0.717) is 12.1 Å². The molecule has 2 unspecified atom stereocenters. The summed E-state index contributed by atoms with van der Waals surface area (Å²) in [5, 5.41) is 3.67. The molecule has 0 bridgehead atoms. The summed E-state index contributed by atoms with van der Waals surface area (Å²) in [5.41, 5.74) is 7.42. The highest BCUT2D eigenvalue weighted by molar-refractivity contribution is 5.20. The van der Waals surface area contributed by atoms with E-state index in [1.807, 2.05) is 0 Å². The molecule has 0 saturated heterocycles. The van der Waals surface area contributed by atoms with Crippen molar-refractivity contribution in [1.82, 2.24) is 5.32 Å². The summed E-state index contributed by atoms with van der Waals surface area (Å²) < 4.78 is 0. The second kappa shape index (κ2) is 6.35. The van der Waals surface area contributed by atoms with Crippen LogP contribution in [0.1, 0.15) is 51.0 Å². The van der Waals surface area contributed by atoms with Gasteiger partial charge in [-0.2, -0.15) is 0 Å². The first-order valence-corrected chi connectivity index (χ1v) is 7.23. The van der Waals surface area contributed by atoms with E-state index in [9.17, 15) is 0 Å². The van der Waals surface area contributed by atoms with Crippen LogP contribution >= 0.6 is 0 Å². The maximum Gasteiger partial charge on any atom is 0.0190 e. The van der Waals surface area contributed by atoms with Crippen molar-refractivity contribution in [3.8, 4) is 0 Å². The molecule has 0 amide bonds. The van der Waals surface area contributed by atoms with Gasteiger partial charge in [0.15, 0.2) is 0 Å². The summed E-state index contributed by atoms with van der Waals surface area (Å²) in [6.45, 7) is 4.27. The lowest BCUT2D eigenvalue weighted by Crippen LogP contribution is -2.47. The van der Waals surface area contributed by atoms with Gasteiger partial charge in [-0.25, -0.2) is 0 Å². The van der Waals surface area contributed by atoms with E-state index in [-0.39, 0.29) is 6.04 Å². The Bertz CT molecular complexity index is 339. The fourth-order valence-electron chi connectivity index (χ4n) is 2.84. The third kappa shape index (κ3) is 3.56. The summed E-state index contributed by atoms with van der Waals surface area (Å²) in [5.74, 6) is 0.759. The monoisotopic (exact) mass is 246 g/mol. The maximum absolute atomic E-state index is 5.91. The van der Waals surface area contributed by atoms with Gasteiger partial charge in [-0.05, 0) is 51.0 Å². The lowest BCUT2D eigenvalue weighted by Gasteiger charge is -2.32. The minimum atomic E-state index is 0.233. The van der Waals surface area contributed by atoms with Crippen molar-refractivity contribution in [1.29, 1.82) is 0 Å². The summed E-state index contributed by atoms with van der Waals surface area (Å²) in [6, 6.07) is 12.2. The van der Waals surface area contributed by atoms with Crippen molar-refractivity contribution in [3.05, 3.63) is 35.9 Å². The highest BCUT2D eigenvalue weighted by Gasteiger charge is 2.23. The molecule has 1 aliphatic carbocycles. The second-order valence-corrected chi connectivity index (χ2v) is 5.77. The zero-order chi connectivity index (χ0) is 13.0. The van der Waals surface area contributed by atoms with E-state index in [0.717, 1.165) is 5.92 Å². The first kappa shape index (κ1) is 13.6. The van der Waals surface area contributed by atoms with Gasteiger partial charge in [0.2, 0.25) is 0 Å². The molecule has 1 fully saturated rings. The first-order chi connectivity index (χ1) is 8.66. The lowest BCUT2D eigenvalue weighted by atomic mass is 9.81. The van der Waals surface area contributed by atoms with Crippen LogP contribution in [0.5, 0.6) is 0 Å². The Hall–Kier alpha value is -0.860. The van der Waals surface area contributed by atoms with Gasteiger partial charge < -0.3 is 11.1 Å². The number of hydrogen-bond acceptors (Lipinski definition) is 2. The maximum atomic E-state index is 5.91. The molecule has 1 aromatic carbocycles. The van der Waals surface area contributed by atoms with Gasteiger partial charge in [-0.15, -0.1) is 0 Å². The van der Waals surface area contributed by atoms with E-state index < -0.39 is 0 Å². The fraction of sp³-hybridized carbons (Fsp3) is 0.625. The lowest BCUT2D eigenvalue weighted by molar-refractivity contribution is 0.307. The molecule has 0 radical (unpaired) electrons. The first-order valence-electron chi connectivity index (χ1n) is 7.23. The second-order valence-electron chi connectivity index (χ2n) is 5.77. The minimum absolute atomic E-state index is 0.233. The van der Waals surface area contributed by atoms with Crippen LogP contribution in [-0.4, -0.2) is 18.1 Å².